The van der Waals surface area contributed by atoms with Gasteiger partial charge in [0.05, 0.1) is 6.10 Å². The smallest absolute Gasteiger partial charge is 0.165 e. The van der Waals surface area contributed by atoms with Crippen LogP contribution in [0.25, 0.3) is 0 Å². The molecule has 1 saturated heterocycles. The minimum absolute atomic E-state index is 0.141. The Labute approximate surface area is 103 Å². The van der Waals surface area contributed by atoms with E-state index in [1.54, 1.807) is 0 Å². The molecule has 2 rings (SSSR count). The number of carbonyl (C=O) groups is 1. The van der Waals surface area contributed by atoms with Gasteiger partial charge in [-0.1, -0.05) is 17.7 Å². The number of ketones is 1. The van der Waals surface area contributed by atoms with Gasteiger partial charge in [0, 0.05) is 18.6 Å². The molecule has 0 N–H and O–H groups in total. The number of hydrogen-bond donors (Lipinski definition) is 0. The van der Waals surface area contributed by atoms with E-state index in [0.717, 1.165) is 36.1 Å². The van der Waals surface area contributed by atoms with Crippen LogP contribution in [0.15, 0.2) is 12.1 Å². The second kappa shape index (κ2) is 5.01. The van der Waals surface area contributed by atoms with E-state index in [1.165, 1.54) is 5.56 Å². The van der Waals surface area contributed by atoms with Gasteiger partial charge in [0.2, 0.25) is 0 Å². The molecule has 2 heteroatoms. The van der Waals surface area contributed by atoms with E-state index < -0.39 is 0 Å². The van der Waals surface area contributed by atoms with Gasteiger partial charge < -0.3 is 4.74 Å². The highest BCUT2D eigenvalue weighted by atomic mass is 16.5. The molecule has 92 valence electrons. The first-order valence-electron chi connectivity index (χ1n) is 6.30. The van der Waals surface area contributed by atoms with E-state index in [9.17, 15) is 4.79 Å². The lowest BCUT2D eigenvalue weighted by Gasteiger charge is -2.13. The Morgan fingerprint density at radius 2 is 1.94 bits per heavy atom. The molecular formula is C15H20O2. The van der Waals surface area contributed by atoms with Crippen molar-refractivity contribution < 1.29 is 9.53 Å². The van der Waals surface area contributed by atoms with Gasteiger partial charge in [-0.15, -0.1) is 0 Å². The summed E-state index contributed by atoms with van der Waals surface area (Å²) in [6, 6.07) is 4.16. The van der Waals surface area contributed by atoms with Crippen molar-refractivity contribution in [3.8, 4) is 0 Å². The fraction of sp³-hybridized carbons (Fsp3) is 0.533. The van der Waals surface area contributed by atoms with Crippen LogP contribution in [0.1, 0.15) is 46.3 Å². The molecule has 0 radical (unpaired) electrons. The molecule has 1 aliphatic rings. The van der Waals surface area contributed by atoms with Crippen molar-refractivity contribution in [1.82, 2.24) is 0 Å². The average molecular weight is 232 g/mol. The normalized spacial score (nSPS) is 19.6. The molecule has 0 spiro atoms. The number of hydrogen-bond acceptors (Lipinski definition) is 2. The Balaban J connectivity index is 2.18. The summed E-state index contributed by atoms with van der Waals surface area (Å²) in [7, 11) is 0. The lowest BCUT2D eigenvalue weighted by atomic mass is 9.93. The maximum absolute atomic E-state index is 12.3. The van der Waals surface area contributed by atoms with Crippen LogP contribution in [0.3, 0.4) is 0 Å². The predicted octanol–water partition coefficient (Wildman–Crippen LogP) is 3.36. The second-order valence-electron chi connectivity index (χ2n) is 5.04. The molecule has 0 aromatic heterocycles. The Kier molecular flexibility index (Phi) is 3.63. The monoisotopic (exact) mass is 232 g/mol. The fourth-order valence-electron chi connectivity index (χ4n) is 2.73. The van der Waals surface area contributed by atoms with Gasteiger partial charge >= 0.3 is 0 Å². The molecule has 1 aliphatic heterocycles. The summed E-state index contributed by atoms with van der Waals surface area (Å²) in [5.74, 6) is 0.229. The molecule has 1 heterocycles. The van der Waals surface area contributed by atoms with Crippen molar-refractivity contribution in [2.45, 2.75) is 46.1 Å². The van der Waals surface area contributed by atoms with Crippen LogP contribution in [0.2, 0.25) is 0 Å². The SMILES string of the molecule is Cc1cc(C)c(C(=O)CC2CCCO2)c(C)c1. The number of benzene rings is 1. The molecule has 1 fully saturated rings. The molecule has 0 saturated carbocycles. The highest BCUT2D eigenvalue weighted by Gasteiger charge is 2.21. The van der Waals surface area contributed by atoms with Crippen molar-refractivity contribution >= 4 is 5.78 Å². The van der Waals surface area contributed by atoms with Gasteiger partial charge in [0.25, 0.3) is 0 Å². The summed E-state index contributed by atoms with van der Waals surface area (Å²) in [5, 5.41) is 0. The summed E-state index contributed by atoms with van der Waals surface area (Å²) in [6.45, 7) is 6.91. The zero-order valence-electron chi connectivity index (χ0n) is 10.9. The van der Waals surface area contributed by atoms with Crippen molar-refractivity contribution in [3.63, 3.8) is 0 Å². The van der Waals surface area contributed by atoms with E-state index in [-0.39, 0.29) is 11.9 Å². The highest BCUT2D eigenvalue weighted by molar-refractivity contribution is 5.99. The zero-order chi connectivity index (χ0) is 12.4. The highest BCUT2D eigenvalue weighted by Crippen LogP contribution is 2.22. The van der Waals surface area contributed by atoms with E-state index in [2.05, 4.69) is 19.1 Å². The summed E-state index contributed by atoms with van der Waals surface area (Å²) in [6.07, 6.45) is 2.78. The van der Waals surface area contributed by atoms with Crippen LogP contribution in [-0.2, 0) is 4.74 Å². The zero-order valence-corrected chi connectivity index (χ0v) is 10.9. The quantitative estimate of drug-likeness (QED) is 0.747. The van der Waals surface area contributed by atoms with E-state index >= 15 is 0 Å². The molecule has 1 unspecified atom stereocenters. The summed E-state index contributed by atoms with van der Waals surface area (Å²) in [5.41, 5.74) is 4.29. The summed E-state index contributed by atoms with van der Waals surface area (Å²) < 4.78 is 5.53. The van der Waals surface area contributed by atoms with Crippen molar-refractivity contribution in [2.75, 3.05) is 6.61 Å². The van der Waals surface area contributed by atoms with Crippen LogP contribution < -0.4 is 0 Å². The second-order valence-corrected chi connectivity index (χ2v) is 5.04. The van der Waals surface area contributed by atoms with Crippen LogP contribution in [0.5, 0.6) is 0 Å². The first-order chi connectivity index (χ1) is 8.08. The Bertz CT molecular complexity index is 406. The lowest BCUT2D eigenvalue weighted by molar-refractivity contribution is 0.0774. The van der Waals surface area contributed by atoms with Crippen LogP contribution in [0, 0.1) is 20.8 Å². The Hall–Kier alpha value is -1.15. The molecular weight excluding hydrogens is 212 g/mol. The lowest BCUT2D eigenvalue weighted by Crippen LogP contribution is -2.14. The summed E-state index contributed by atoms with van der Waals surface area (Å²) >= 11 is 0. The van der Waals surface area contributed by atoms with Gasteiger partial charge in [-0.2, -0.15) is 0 Å². The number of rotatable bonds is 3. The molecule has 0 bridgehead atoms. The largest absolute Gasteiger partial charge is 0.378 e. The number of carbonyl (C=O) groups excluding carboxylic acids is 1. The Morgan fingerprint density at radius 3 is 2.47 bits per heavy atom. The molecule has 1 atom stereocenters. The first kappa shape index (κ1) is 12.3. The molecule has 1 aromatic carbocycles. The van der Waals surface area contributed by atoms with Crippen molar-refractivity contribution in [1.29, 1.82) is 0 Å². The predicted molar refractivity (Wildman–Crippen MR) is 68.6 cm³/mol. The minimum Gasteiger partial charge on any atom is -0.378 e. The van der Waals surface area contributed by atoms with Crippen molar-refractivity contribution in [3.05, 3.63) is 34.4 Å². The third-order valence-corrected chi connectivity index (χ3v) is 3.39. The van der Waals surface area contributed by atoms with Crippen LogP contribution >= 0.6 is 0 Å². The first-order valence-corrected chi connectivity index (χ1v) is 6.30. The van der Waals surface area contributed by atoms with Crippen molar-refractivity contribution in [2.24, 2.45) is 0 Å². The minimum atomic E-state index is 0.141. The molecule has 0 amide bonds. The fourth-order valence-corrected chi connectivity index (χ4v) is 2.73. The molecule has 17 heavy (non-hydrogen) atoms. The number of ether oxygens (including phenoxy) is 1. The van der Waals surface area contributed by atoms with Gasteiger partial charge in [0.1, 0.15) is 0 Å². The maximum atomic E-state index is 12.3. The van der Waals surface area contributed by atoms with Gasteiger partial charge in [-0.3, -0.25) is 4.79 Å². The van der Waals surface area contributed by atoms with Crippen LogP contribution in [0.4, 0.5) is 0 Å². The third kappa shape index (κ3) is 2.75. The van der Waals surface area contributed by atoms with E-state index in [0.29, 0.717) is 6.42 Å². The third-order valence-electron chi connectivity index (χ3n) is 3.39. The average Bonchev–Trinajstić information content (AvgIpc) is 2.68. The van der Waals surface area contributed by atoms with Crippen LogP contribution in [-0.4, -0.2) is 18.5 Å². The standard InChI is InChI=1S/C15H20O2/c1-10-7-11(2)15(12(3)8-10)14(16)9-13-5-4-6-17-13/h7-8,13H,4-6,9H2,1-3H3. The van der Waals surface area contributed by atoms with E-state index in [1.807, 2.05) is 13.8 Å². The van der Waals surface area contributed by atoms with E-state index in [4.69, 9.17) is 4.74 Å². The summed E-state index contributed by atoms with van der Waals surface area (Å²) in [4.78, 5) is 12.3. The topological polar surface area (TPSA) is 26.3 Å². The number of Topliss-reactive ketones (excluding diaryl/α,β-unsaturated/α-hetero) is 1. The van der Waals surface area contributed by atoms with Gasteiger partial charge in [-0.25, -0.2) is 0 Å². The van der Waals surface area contributed by atoms with Gasteiger partial charge in [0.15, 0.2) is 5.78 Å². The molecule has 2 nitrogen and oxygen atoms in total. The molecule has 0 aliphatic carbocycles. The Morgan fingerprint density at radius 1 is 1.29 bits per heavy atom. The molecule has 1 aromatic rings. The number of aryl methyl sites for hydroxylation is 3. The maximum Gasteiger partial charge on any atom is 0.165 e. The van der Waals surface area contributed by atoms with Gasteiger partial charge in [-0.05, 0) is 44.7 Å².